The molecule has 16 heavy (non-hydrogen) atoms. The maximum Gasteiger partial charge on any atom is 0.345 e. The van der Waals surface area contributed by atoms with Gasteiger partial charge in [0.15, 0.2) is 0 Å². The van der Waals surface area contributed by atoms with Gasteiger partial charge in [-0.05, 0) is 22.0 Å². The second kappa shape index (κ2) is 5.23. The van der Waals surface area contributed by atoms with Gasteiger partial charge in [-0.15, -0.1) is 11.3 Å². The van der Waals surface area contributed by atoms with E-state index in [0.29, 0.717) is 0 Å². The van der Waals surface area contributed by atoms with Crippen molar-refractivity contribution in [2.75, 3.05) is 13.2 Å². The minimum atomic E-state index is -3.78. The van der Waals surface area contributed by atoms with Crippen LogP contribution in [-0.4, -0.2) is 37.8 Å². The average Bonchev–Trinajstić information content (AvgIpc) is 2.58. The smallest absolute Gasteiger partial charge is 0.345 e. The van der Waals surface area contributed by atoms with Crippen molar-refractivity contribution in [1.29, 1.82) is 0 Å². The lowest BCUT2D eigenvalue weighted by molar-refractivity contribution is 0.0702. The third kappa shape index (κ3) is 3.01. The van der Waals surface area contributed by atoms with Crippen LogP contribution in [0.15, 0.2) is 14.7 Å². The number of hydrogen-bond donors (Lipinski definition) is 3. The van der Waals surface area contributed by atoms with Crippen molar-refractivity contribution in [2.45, 2.75) is 4.90 Å². The number of hydrogen-bond acceptors (Lipinski definition) is 5. The van der Waals surface area contributed by atoms with E-state index in [2.05, 4.69) is 20.7 Å². The molecule has 6 nitrogen and oxygen atoms in total. The topological polar surface area (TPSA) is 104 Å². The van der Waals surface area contributed by atoms with Gasteiger partial charge in [-0.2, -0.15) is 0 Å². The van der Waals surface area contributed by atoms with Crippen LogP contribution in [0.25, 0.3) is 0 Å². The van der Waals surface area contributed by atoms with Crippen molar-refractivity contribution < 1.29 is 23.4 Å². The molecule has 0 aliphatic heterocycles. The number of carbonyl (C=O) groups is 1. The van der Waals surface area contributed by atoms with Crippen LogP contribution in [0.2, 0.25) is 0 Å². The highest BCUT2D eigenvalue weighted by Crippen LogP contribution is 2.31. The quantitative estimate of drug-likeness (QED) is 0.728. The number of rotatable bonds is 5. The summed E-state index contributed by atoms with van der Waals surface area (Å²) in [7, 11) is -3.78. The predicted molar refractivity (Wildman–Crippen MR) is 61.3 cm³/mol. The summed E-state index contributed by atoms with van der Waals surface area (Å²) in [5.74, 6) is -1.19. The molecular formula is C7H8BrNO5S2. The Labute approximate surface area is 104 Å². The highest BCUT2D eigenvalue weighted by molar-refractivity contribution is 9.11. The minimum absolute atomic E-state index is 0.0729. The summed E-state index contributed by atoms with van der Waals surface area (Å²) >= 11 is 3.80. The third-order valence-corrected chi connectivity index (χ3v) is 5.26. The number of halogens is 1. The number of thiophene rings is 1. The first kappa shape index (κ1) is 13.6. The van der Waals surface area contributed by atoms with Gasteiger partial charge < -0.3 is 10.2 Å². The molecule has 0 aliphatic rings. The van der Waals surface area contributed by atoms with Gasteiger partial charge in [0, 0.05) is 6.54 Å². The normalized spacial score (nSPS) is 11.6. The van der Waals surface area contributed by atoms with Crippen LogP contribution >= 0.6 is 27.3 Å². The molecule has 90 valence electrons. The standard InChI is InChI=1S/C7H8BrNO5S2/c8-6-5(3-4(15-6)7(11)12)16(13,14)9-1-2-10/h3,9-10H,1-2H2,(H,11,12). The lowest BCUT2D eigenvalue weighted by Crippen LogP contribution is -2.26. The van der Waals surface area contributed by atoms with Gasteiger partial charge in [0.05, 0.1) is 10.4 Å². The summed E-state index contributed by atoms with van der Waals surface area (Å²) in [6.45, 7) is -0.445. The van der Waals surface area contributed by atoms with Crippen molar-refractivity contribution in [2.24, 2.45) is 0 Å². The first-order valence-corrected chi connectivity index (χ1v) is 7.11. The van der Waals surface area contributed by atoms with E-state index < -0.39 is 16.0 Å². The molecule has 1 heterocycles. The van der Waals surface area contributed by atoms with Crippen molar-refractivity contribution >= 4 is 43.3 Å². The summed E-state index contributed by atoms with van der Waals surface area (Å²) < 4.78 is 25.6. The van der Waals surface area contributed by atoms with Crippen LogP contribution in [0, 0.1) is 0 Å². The molecule has 0 saturated heterocycles. The first-order valence-electron chi connectivity index (χ1n) is 4.01. The number of aliphatic hydroxyl groups is 1. The van der Waals surface area contributed by atoms with E-state index in [0.717, 1.165) is 17.4 Å². The van der Waals surface area contributed by atoms with Gasteiger partial charge in [0.1, 0.15) is 9.77 Å². The second-order valence-corrected chi connectivity index (χ2v) is 6.78. The molecule has 1 aromatic rings. The van der Waals surface area contributed by atoms with Gasteiger partial charge in [-0.1, -0.05) is 0 Å². The molecule has 0 unspecified atom stereocenters. The molecule has 1 aromatic heterocycles. The number of carboxylic acid groups (broad SMARTS) is 1. The Morgan fingerprint density at radius 1 is 1.56 bits per heavy atom. The zero-order chi connectivity index (χ0) is 12.3. The lowest BCUT2D eigenvalue weighted by atomic mass is 10.5. The van der Waals surface area contributed by atoms with E-state index in [-0.39, 0.29) is 26.7 Å². The Bertz CT molecular complexity index is 495. The Kier molecular flexibility index (Phi) is 4.44. The van der Waals surface area contributed by atoms with Crippen LogP contribution < -0.4 is 4.72 Å². The van der Waals surface area contributed by atoms with Crippen LogP contribution in [0.3, 0.4) is 0 Å². The van der Waals surface area contributed by atoms with Crippen molar-refractivity contribution in [3.63, 3.8) is 0 Å². The molecule has 0 spiro atoms. The van der Waals surface area contributed by atoms with E-state index in [4.69, 9.17) is 10.2 Å². The maximum absolute atomic E-state index is 11.6. The second-order valence-electron chi connectivity index (χ2n) is 2.68. The van der Waals surface area contributed by atoms with E-state index in [1.807, 2.05) is 0 Å². The van der Waals surface area contributed by atoms with Crippen molar-refractivity contribution in [3.8, 4) is 0 Å². The molecular weight excluding hydrogens is 322 g/mol. The van der Waals surface area contributed by atoms with Crippen molar-refractivity contribution in [3.05, 3.63) is 14.7 Å². The highest BCUT2D eigenvalue weighted by atomic mass is 79.9. The molecule has 1 rings (SSSR count). The van der Waals surface area contributed by atoms with Gasteiger partial charge in [0.2, 0.25) is 10.0 Å². The fourth-order valence-electron chi connectivity index (χ4n) is 0.898. The fraction of sp³-hybridized carbons (Fsp3) is 0.286. The third-order valence-electron chi connectivity index (χ3n) is 1.56. The molecule has 0 fully saturated rings. The zero-order valence-corrected chi connectivity index (χ0v) is 11.0. The Morgan fingerprint density at radius 3 is 2.62 bits per heavy atom. The predicted octanol–water partition coefficient (Wildman–Crippen LogP) is 0.479. The van der Waals surface area contributed by atoms with Crippen LogP contribution in [0.4, 0.5) is 0 Å². The van der Waals surface area contributed by atoms with E-state index in [9.17, 15) is 13.2 Å². The molecule has 0 radical (unpaired) electrons. The number of sulfonamides is 1. The summed E-state index contributed by atoms with van der Waals surface area (Å²) in [6, 6.07) is 1.07. The van der Waals surface area contributed by atoms with Gasteiger partial charge >= 0.3 is 5.97 Å². The number of carboxylic acids is 1. The molecule has 0 amide bonds. The van der Waals surface area contributed by atoms with Crippen LogP contribution in [-0.2, 0) is 10.0 Å². The molecule has 0 aliphatic carbocycles. The molecule has 9 heteroatoms. The number of nitrogens with one attached hydrogen (secondary N) is 1. The fourth-order valence-corrected chi connectivity index (χ4v) is 4.32. The largest absolute Gasteiger partial charge is 0.477 e. The van der Waals surface area contributed by atoms with Gasteiger partial charge in [-0.25, -0.2) is 17.9 Å². The highest BCUT2D eigenvalue weighted by Gasteiger charge is 2.22. The SMILES string of the molecule is O=C(O)c1cc(S(=O)(=O)NCCO)c(Br)s1. The summed E-state index contributed by atoms with van der Waals surface area (Å²) in [4.78, 5) is 10.4. The van der Waals surface area contributed by atoms with Gasteiger partial charge in [0.25, 0.3) is 0 Å². The maximum atomic E-state index is 11.6. The Hall–Kier alpha value is -0.480. The van der Waals surface area contributed by atoms with Crippen LogP contribution in [0.1, 0.15) is 9.67 Å². The van der Waals surface area contributed by atoms with E-state index in [1.165, 1.54) is 0 Å². The molecule has 0 atom stereocenters. The van der Waals surface area contributed by atoms with E-state index >= 15 is 0 Å². The van der Waals surface area contributed by atoms with E-state index in [1.54, 1.807) is 0 Å². The summed E-state index contributed by atoms with van der Waals surface area (Å²) in [5, 5.41) is 17.2. The van der Waals surface area contributed by atoms with Crippen molar-refractivity contribution in [1.82, 2.24) is 4.72 Å². The molecule has 0 saturated carbocycles. The lowest BCUT2D eigenvalue weighted by Gasteiger charge is -2.02. The summed E-state index contributed by atoms with van der Waals surface area (Å²) in [5.41, 5.74) is 0. The number of aliphatic hydroxyl groups excluding tert-OH is 1. The monoisotopic (exact) mass is 329 g/mol. The van der Waals surface area contributed by atoms with Gasteiger partial charge in [-0.3, -0.25) is 0 Å². The summed E-state index contributed by atoms with van der Waals surface area (Å²) in [6.07, 6.45) is 0. The minimum Gasteiger partial charge on any atom is -0.477 e. The molecule has 3 N–H and O–H groups in total. The number of aromatic carboxylic acids is 1. The Morgan fingerprint density at radius 2 is 2.19 bits per heavy atom. The molecule has 0 aromatic carbocycles. The average molecular weight is 330 g/mol. The molecule has 0 bridgehead atoms. The first-order chi connectivity index (χ1) is 7.38. The van der Waals surface area contributed by atoms with Crippen LogP contribution in [0.5, 0.6) is 0 Å². The Balaban J connectivity index is 3.08. The zero-order valence-electron chi connectivity index (χ0n) is 7.81.